The van der Waals surface area contributed by atoms with Crippen LogP contribution in [0.3, 0.4) is 0 Å². The number of piperazine rings is 1. The van der Waals surface area contributed by atoms with Gasteiger partial charge in [0, 0.05) is 55.3 Å². The fraction of sp³-hybridized carbons (Fsp3) is 0.281. The molecule has 2 heterocycles. The van der Waals surface area contributed by atoms with Crippen LogP contribution in [0.1, 0.15) is 31.8 Å². The number of ether oxygens (including phenoxy) is 2. The maximum Gasteiger partial charge on any atom is 0.337 e. The normalized spacial score (nSPS) is 14.8. The van der Waals surface area contributed by atoms with Crippen LogP contribution in [-0.2, 0) is 9.47 Å². The van der Waals surface area contributed by atoms with Gasteiger partial charge in [0.2, 0.25) is 0 Å². The number of benzene rings is 3. The second-order valence-corrected chi connectivity index (χ2v) is 10.2. The number of hydrogen-bond acceptors (Lipinski definition) is 8. The number of fused-ring (bicyclic) bond motifs is 1. The second kappa shape index (κ2) is 13.1. The zero-order valence-corrected chi connectivity index (χ0v) is 23.6. The maximum atomic E-state index is 15.2. The van der Waals surface area contributed by atoms with Crippen molar-refractivity contribution in [3.05, 3.63) is 94.8 Å². The van der Waals surface area contributed by atoms with E-state index in [1.165, 1.54) is 19.2 Å². The Labute approximate surface area is 243 Å². The number of H-pyrrole nitrogens is 1. The Bertz CT molecular complexity index is 1610. The van der Waals surface area contributed by atoms with Gasteiger partial charge in [0.15, 0.2) is 11.7 Å². The highest BCUT2D eigenvalue weighted by Gasteiger charge is 2.21. The number of hydrogen-bond donors (Lipinski definition) is 2. The van der Waals surface area contributed by atoms with Gasteiger partial charge in [-0.2, -0.15) is 0 Å². The molecule has 3 aromatic carbocycles. The summed E-state index contributed by atoms with van der Waals surface area (Å²) in [5, 5.41) is 11.5. The molecule has 2 N–H and O–H groups in total. The molecule has 1 saturated heterocycles. The number of aliphatic imine (C=N–C) groups is 1. The van der Waals surface area contributed by atoms with Gasteiger partial charge in [-0.05, 0) is 31.3 Å². The first-order chi connectivity index (χ1) is 20.3. The van der Waals surface area contributed by atoms with Crippen LogP contribution >= 0.6 is 0 Å². The van der Waals surface area contributed by atoms with E-state index in [0.29, 0.717) is 39.9 Å². The molecule has 0 radical (unpaired) electrons. The summed E-state index contributed by atoms with van der Waals surface area (Å²) < 4.78 is 25.5. The van der Waals surface area contributed by atoms with Gasteiger partial charge in [0.05, 0.1) is 41.8 Å². The third kappa shape index (κ3) is 6.57. The average Bonchev–Trinajstić information content (AvgIpc) is 3.33. The lowest BCUT2D eigenvalue weighted by Gasteiger charge is -2.32. The number of carbonyl (C=O) groups excluding carboxylic acids is 2. The minimum absolute atomic E-state index is 0.0694. The molecule has 4 aromatic rings. The summed E-state index contributed by atoms with van der Waals surface area (Å²) in [4.78, 5) is 36.9. The highest BCUT2D eigenvalue weighted by atomic mass is 19.1. The van der Waals surface area contributed by atoms with Gasteiger partial charge in [0.1, 0.15) is 12.4 Å². The number of aromatic nitrogens is 1. The average molecular weight is 573 g/mol. The van der Waals surface area contributed by atoms with Crippen molar-refractivity contribution in [3.63, 3.8) is 0 Å². The van der Waals surface area contributed by atoms with Gasteiger partial charge in [-0.25, -0.2) is 14.2 Å². The second-order valence-electron chi connectivity index (χ2n) is 10.2. The van der Waals surface area contributed by atoms with Crippen LogP contribution in [0, 0.1) is 5.82 Å². The van der Waals surface area contributed by atoms with Crippen LogP contribution in [0.15, 0.2) is 71.7 Å². The van der Waals surface area contributed by atoms with Crippen molar-refractivity contribution in [2.24, 2.45) is 4.99 Å². The summed E-state index contributed by atoms with van der Waals surface area (Å²) in [6, 6.07) is 18.2. The lowest BCUT2D eigenvalue weighted by atomic mass is 10.00. The van der Waals surface area contributed by atoms with Gasteiger partial charge in [-0.1, -0.05) is 36.4 Å². The molecule has 1 aliphatic rings. The minimum Gasteiger partial charge on any atom is -0.494 e. The van der Waals surface area contributed by atoms with Gasteiger partial charge in [0.25, 0.3) is 0 Å². The maximum absolute atomic E-state index is 15.2. The first-order valence-corrected chi connectivity index (χ1v) is 13.7. The van der Waals surface area contributed by atoms with Gasteiger partial charge in [-0.15, -0.1) is 0 Å². The lowest BCUT2D eigenvalue weighted by molar-refractivity contribution is 0.0600. The molecule has 10 heteroatoms. The number of aromatic hydroxyl groups is 1. The highest BCUT2D eigenvalue weighted by molar-refractivity contribution is 6.22. The Kier molecular flexibility index (Phi) is 9.06. The van der Waals surface area contributed by atoms with E-state index < -0.39 is 17.6 Å². The number of carbonyl (C=O) groups is 2. The van der Waals surface area contributed by atoms with Crippen molar-refractivity contribution in [3.8, 4) is 5.88 Å². The van der Waals surface area contributed by atoms with Gasteiger partial charge < -0.3 is 24.5 Å². The fourth-order valence-corrected chi connectivity index (χ4v) is 4.97. The van der Waals surface area contributed by atoms with E-state index in [2.05, 4.69) is 21.8 Å². The van der Waals surface area contributed by atoms with E-state index >= 15 is 4.39 Å². The Balaban J connectivity index is 1.37. The number of methoxy groups -OCH3 is 1. The van der Waals surface area contributed by atoms with Crippen molar-refractivity contribution in [2.45, 2.75) is 0 Å². The quantitative estimate of drug-likeness (QED) is 0.125. The highest BCUT2D eigenvalue weighted by Crippen LogP contribution is 2.32. The van der Waals surface area contributed by atoms with Crippen molar-refractivity contribution < 1.29 is 28.6 Å². The zero-order valence-electron chi connectivity index (χ0n) is 23.6. The number of aromatic amines is 1. The van der Waals surface area contributed by atoms with Crippen LogP contribution in [0.25, 0.3) is 10.9 Å². The van der Waals surface area contributed by atoms with Crippen LogP contribution < -0.4 is 0 Å². The van der Waals surface area contributed by atoms with Gasteiger partial charge >= 0.3 is 5.97 Å². The minimum atomic E-state index is -0.706. The molecule has 0 unspecified atom stereocenters. The number of halogens is 1. The summed E-state index contributed by atoms with van der Waals surface area (Å²) in [6.07, 6.45) is 0. The number of likely N-dealkylation sites (N-methyl/N-ethyl adjacent to an activating group) is 1. The monoisotopic (exact) mass is 572 g/mol. The molecule has 0 bridgehead atoms. The molecule has 9 nitrogen and oxygen atoms in total. The van der Waals surface area contributed by atoms with Crippen LogP contribution in [-0.4, -0.2) is 97.4 Å². The molecular formula is C32H33FN4O5. The smallest absolute Gasteiger partial charge is 0.337 e. The Morgan fingerprint density at radius 3 is 2.48 bits per heavy atom. The summed E-state index contributed by atoms with van der Waals surface area (Å²) in [5.74, 6) is -1.81. The fourth-order valence-electron chi connectivity index (χ4n) is 4.97. The Morgan fingerprint density at radius 2 is 1.76 bits per heavy atom. The molecule has 1 aromatic heterocycles. The number of Topliss-reactive ketones (excluding diaryl/α,β-unsaturated/α-hetero) is 1. The first kappa shape index (κ1) is 29.1. The van der Waals surface area contributed by atoms with Crippen molar-refractivity contribution in [2.75, 3.05) is 60.1 Å². The molecule has 218 valence electrons. The van der Waals surface area contributed by atoms with Crippen molar-refractivity contribution in [1.29, 1.82) is 0 Å². The molecule has 1 fully saturated rings. The van der Waals surface area contributed by atoms with E-state index in [4.69, 9.17) is 14.5 Å². The van der Waals surface area contributed by atoms with E-state index in [1.54, 1.807) is 24.3 Å². The SMILES string of the molecule is COC(=O)c1ccc2c(C(=Nc3ccc(C(=O)COCCN4CCN(C)CC4)c(F)c3)c3ccccc3)c(O)[nH]c2c1. The molecular weight excluding hydrogens is 539 g/mol. The van der Waals surface area contributed by atoms with Gasteiger partial charge in [-0.3, -0.25) is 9.69 Å². The molecule has 0 atom stereocenters. The largest absolute Gasteiger partial charge is 0.494 e. The summed E-state index contributed by atoms with van der Waals surface area (Å²) in [5.41, 5.74) is 2.48. The van der Waals surface area contributed by atoms with E-state index in [-0.39, 0.29) is 23.7 Å². The topological polar surface area (TPSA) is 107 Å². The third-order valence-electron chi connectivity index (χ3n) is 7.36. The Morgan fingerprint density at radius 1 is 1.00 bits per heavy atom. The number of rotatable bonds is 10. The summed E-state index contributed by atoms with van der Waals surface area (Å²) >= 11 is 0. The molecule has 0 aliphatic carbocycles. The number of ketones is 1. The number of esters is 1. The predicted molar refractivity (Wildman–Crippen MR) is 159 cm³/mol. The van der Waals surface area contributed by atoms with Crippen LogP contribution in [0.4, 0.5) is 10.1 Å². The van der Waals surface area contributed by atoms with E-state index in [9.17, 15) is 14.7 Å². The predicted octanol–water partition coefficient (Wildman–Crippen LogP) is 4.42. The molecule has 0 saturated carbocycles. The lowest BCUT2D eigenvalue weighted by Crippen LogP contribution is -2.45. The molecule has 0 amide bonds. The molecule has 1 aliphatic heterocycles. The first-order valence-electron chi connectivity index (χ1n) is 13.7. The van der Waals surface area contributed by atoms with Crippen molar-refractivity contribution in [1.82, 2.24) is 14.8 Å². The third-order valence-corrected chi connectivity index (χ3v) is 7.36. The van der Waals surface area contributed by atoms with Crippen LogP contribution in [0.5, 0.6) is 5.88 Å². The number of nitrogens with one attached hydrogen (secondary N) is 1. The van der Waals surface area contributed by atoms with Crippen molar-refractivity contribution >= 4 is 34.1 Å². The summed E-state index contributed by atoms with van der Waals surface area (Å²) in [7, 11) is 3.39. The molecule has 42 heavy (non-hydrogen) atoms. The zero-order chi connectivity index (χ0) is 29.6. The summed E-state index contributed by atoms with van der Waals surface area (Å²) in [6.45, 7) is 4.83. The molecule has 0 spiro atoms. The molecule has 5 rings (SSSR count). The number of nitrogens with zero attached hydrogens (tertiary/aromatic N) is 3. The van der Waals surface area contributed by atoms with E-state index in [1.807, 2.05) is 30.3 Å². The van der Waals surface area contributed by atoms with Crippen LogP contribution in [0.2, 0.25) is 0 Å². The van der Waals surface area contributed by atoms with E-state index in [0.717, 1.165) is 32.7 Å². The Hall–Kier alpha value is -4.38. The standard InChI is InChI=1S/C32H33FN4O5/c1-36-12-14-37(15-13-36)16-17-42-20-28(38)24-11-9-23(19-26(24)33)34-30(21-6-4-3-5-7-21)29-25-10-8-22(32(40)41-2)18-27(25)35-31(29)39/h3-11,18-19,35,39H,12-17,20H2,1-2H3.